The van der Waals surface area contributed by atoms with Crippen LogP contribution in [-0.2, 0) is 0 Å². The van der Waals surface area contributed by atoms with Crippen molar-refractivity contribution in [1.29, 1.82) is 0 Å². The quantitative estimate of drug-likeness (QED) is 0.181. The Morgan fingerprint density at radius 3 is 2.04 bits per heavy atom. The molecule has 1 aromatic rings. The average Bonchev–Trinajstić information content (AvgIpc) is 3.52. The minimum absolute atomic E-state index is 0.0783. The molecule has 0 spiro atoms. The molecular weight excluding hydrogens is 599 g/mol. The van der Waals surface area contributed by atoms with Crippen molar-refractivity contribution in [3.8, 4) is 38.5 Å². The summed E-state index contributed by atoms with van der Waals surface area (Å²) in [5, 5.41) is 13.3. The van der Waals surface area contributed by atoms with Gasteiger partial charge in [-0.25, -0.2) is 4.79 Å². The smallest absolute Gasteiger partial charge is 0.335 e. The van der Waals surface area contributed by atoms with Crippen molar-refractivity contribution >= 4 is 11.5 Å². The first kappa shape index (κ1) is 42.0. The molecule has 3 heteroatoms. The molecule has 6 rings (SSSR count). The SMILES string of the molecule is C#C.C#C.C#C.C=CC.CCCNC[C@]12CCCC1[C@H]1CCC3[C@@]4(C)CC=C(c5ccc(C(=O)O)cc5)C(C)(C)C4CC[C@@]3(C)[C@]1(C)CC2. The van der Waals surface area contributed by atoms with E-state index in [-0.39, 0.29) is 5.41 Å². The van der Waals surface area contributed by atoms with Gasteiger partial charge in [-0.1, -0.05) is 72.2 Å². The van der Waals surface area contributed by atoms with Gasteiger partial charge in [0.1, 0.15) is 0 Å². The summed E-state index contributed by atoms with van der Waals surface area (Å²) in [6, 6.07) is 7.66. The topological polar surface area (TPSA) is 49.3 Å². The molecule has 0 aromatic heterocycles. The lowest BCUT2D eigenvalue weighted by atomic mass is 9.32. The van der Waals surface area contributed by atoms with Crippen LogP contribution in [0.5, 0.6) is 0 Å². The second-order valence-corrected chi connectivity index (χ2v) is 16.5. The standard InChI is InChI=1S/C37H55NO2.C3H6.3C2H2/c1-7-23-38-24-37-18-8-9-29(37)28-14-15-31-34(4)19-16-27(25-10-12-26(13-11-25)32(39)40)33(2,3)30(34)17-20-36(31,6)35(28,5)21-22-37;1-3-2;3*1-2/h10-13,16,28-31,38H,7-9,14-15,17-24H2,1-6H3,(H,39,40);3H,1H2,2H3;3*1-2H/t28-,29?,30?,31?,34+,35-,36-,37-;;;;/m1..../s1. The zero-order valence-corrected chi connectivity index (χ0v) is 32.0. The monoisotopic (exact) mass is 666 g/mol. The van der Waals surface area contributed by atoms with Gasteiger partial charge in [0, 0.05) is 6.54 Å². The van der Waals surface area contributed by atoms with Crippen molar-refractivity contribution in [2.24, 2.45) is 50.7 Å². The second-order valence-electron chi connectivity index (χ2n) is 16.5. The van der Waals surface area contributed by atoms with E-state index in [1.165, 1.54) is 88.4 Å². The van der Waals surface area contributed by atoms with Gasteiger partial charge in [0.15, 0.2) is 0 Å². The Hall–Kier alpha value is -3.19. The van der Waals surface area contributed by atoms with Gasteiger partial charge >= 0.3 is 5.97 Å². The number of carbonyl (C=O) groups is 1. The van der Waals surface area contributed by atoms with E-state index in [1.54, 1.807) is 18.2 Å². The fraction of sp³-hybridized carbons (Fsp3) is 0.630. The normalized spacial score (nSPS) is 36.0. The second kappa shape index (κ2) is 17.2. The molecule has 0 amide bonds. The van der Waals surface area contributed by atoms with Crippen LogP contribution in [0.1, 0.15) is 135 Å². The first-order valence-corrected chi connectivity index (χ1v) is 18.7. The Bertz CT molecular complexity index is 1330. The summed E-state index contributed by atoms with van der Waals surface area (Å²) in [5.41, 5.74) is 4.85. The molecule has 4 saturated carbocycles. The highest BCUT2D eigenvalue weighted by Gasteiger charge is 2.69. The number of benzene rings is 1. The zero-order chi connectivity index (χ0) is 37.3. The molecule has 268 valence electrons. The Morgan fingerprint density at radius 1 is 0.857 bits per heavy atom. The van der Waals surface area contributed by atoms with Crippen LogP contribution in [0.15, 0.2) is 43.0 Å². The first-order valence-electron chi connectivity index (χ1n) is 18.7. The van der Waals surface area contributed by atoms with Gasteiger partial charge < -0.3 is 10.4 Å². The summed E-state index contributed by atoms with van der Waals surface area (Å²) in [6.07, 6.45) is 43.5. The highest BCUT2D eigenvalue weighted by molar-refractivity contribution is 5.88. The van der Waals surface area contributed by atoms with Gasteiger partial charge in [0.2, 0.25) is 0 Å². The van der Waals surface area contributed by atoms with Gasteiger partial charge in [-0.05, 0) is 152 Å². The van der Waals surface area contributed by atoms with Crippen LogP contribution in [0.2, 0.25) is 0 Å². The maximum absolute atomic E-state index is 11.5. The summed E-state index contributed by atoms with van der Waals surface area (Å²) in [4.78, 5) is 11.5. The fourth-order valence-electron chi connectivity index (χ4n) is 12.4. The Balaban J connectivity index is 0.000000851. The van der Waals surface area contributed by atoms with E-state index in [1.807, 2.05) is 19.1 Å². The lowest BCUT2D eigenvalue weighted by Gasteiger charge is -2.72. The van der Waals surface area contributed by atoms with Crippen molar-refractivity contribution < 1.29 is 9.90 Å². The van der Waals surface area contributed by atoms with E-state index >= 15 is 0 Å². The maximum atomic E-state index is 11.5. The van der Waals surface area contributed by atoms with E-state index in [9.17, 15) is 9.90 Å². The summed E-state index contributed by atoms with van der Waals surface area (Å²) in [6.45, 7) is 23.1. The number of hydrogen-bond donors (Lipinski definition) is 2. The number of carboxylic acid groups (broad SMARTS) is 1. The third-order valence-electron chi connectivity index (χ3n) is 14.5. The molecular formula is C46H67NO2. The largest absolute Gasteiger partial charge is 0.478 e. The molecule has 2 N–H and O–H groups in total. The molecule has 3 nitrogen and oxygen atoms in total. The van der Waals surface area contributed by atoms with Gasteiger partial charge in [-0.2, -0.15) is 0 Å². The third-order valence-corrected chi connectivity index (χ3v) is 14.5. The molecule has 1 aromatic carbocycles. The predicted molar refractivity (Wildman–Crippen MR) is 211 cm³/mol. The highest BCUT2D eigenvalue weighted by Crippen LogP contribution is 2.77. The molecule has 0 bridgehead atoms. The minimum Gasteiger partial charge on any atom is -0.478 e. The summed E-state index contributed by atoms with van der Waals surface area (Å²) >= 11 is 0. The third kappa shape index (κ3) is 7.20. The molecule has 5 aliphatic rings. The van der Waals surface area contributed by atoms with Crippen molar-refractivity contribution in [3.63, 3.8) is 0 Å². The Morgan fingerprint density at radius 2 is 1.47 bits per heavy atom. The van der Waals surface area contributed by atoms with Crippen LogP contribution in [-0.4, -0.2) is 24.2 Å². The van der Waals surface area contributed by atoms with Crippen LogP contribution < -0.4 is 5.32 Å². The van der Waals surface area contributed by atoms with E-state index < -0.39 is 5.97 Å². The van der Waals surface area contributed by atoms with E-state index in [0.717, 1.165) is 24.2 Å². The number of hydrogen-bond acceptors (Lipinski definition) is 2. The van der Waals surface area contributed by atoms with Crippen molar-refractivity contribution in [2.45, 2.75) is 119 Å². The van der Waals surface area contributed by atoms with E-state index in [2.05, 4.69) is 98.1 Å². The lowest BCUT2D eigenvalue weighted by Crippen LogP contribution is -2.65. The van der Waals surface area contributed by atoms with Crippen LogP contribution in [0, 0.1) is 89.3 Å². The number of terminal acetylenes is 3. The molecule has 4 fully saturated rings. The Labute approximate surface area is 301 Å². The van der Waals surface area contributed by atoms with Crippen LogP contribution in [0.25, 0.3) is 5.57 Å². The first-order chi connectivity index (χ1) is 23.3. The minimum atomic E-state index is -0.846. The summed E-state index contributed by atoms with van der Waals surface area (Å²) < 4.78 is 0. The predicted octanol–water partition coefficient (Wildman–Crippen LogP) is 11.2. The highest BCUT2D eigenvalue weighted by atomic mass is 16.4. The molecule has 0 aliphatic heterocycles. The Kier molecular flexibility index (Phi) is 14.7. The molecule has 3 unspecified atom stereocenters. The number of fused-ring (bicyclic) bond motifs is 7. The van der Waals surface area contributed by atoms with Gasteiger partial charge in [-0.15, -0.1) is 45.1 Å². The average molecular weight is 666 g/mol. The van der Waals surface area contributed by atoms with Crippen molar-refractivity contribution in [3.05, 3.63) is 54.1 Å². The molecule has 0 radical (unpaired) electrons. The molecule has 49 heavy (non-hydrogen) atoms. The van der Waals surface area contributed by atoms with Crippen LogP contribution in [0.3, 0.4) is 0 Å². The van der Waals surface area contributed by atoms with Gasteiger partial charge in [0.25, 0.3) is 0 Å². The van der Waals surface area contributed by atoms with Crippen LogP contribution in [0.4, 0.5) is 0 Å². The number of carboxylic acids is 1. The van der Waals surface area contributed by atoms with Crippen molar-refractivity contribution in [2.75, 3.05) is 13.1 Å². The van der Waals surface area contributed by atoms with Crippen molar-refractivity contribution in [1.82, 2.24) is 5.32 Å². The molecule has 5 aliphatic carbocycles. The van der Waals surface area contributed by atoms with Gasteiger partial charge in [-0.3, -0.25) is 0 Å². The summed E-state index contributed by atoms with van der Waals surface area (Å²) in [5.74, 6) is 2.40. The summed E-state index contributed by atoms with van der Waals surface area (Å²) in [7, 11) is 0. The van der Waals surface area contributed by atoms with Gasteiger partial charge in [0.05, 0.1) is 5.56 Å². The zero-order valence-electron chi connectivity index (χ0n) is 32.0. The number of nitrogens with one attached hydrogen (secondary N) is 1. The molecule has 8 atom stereocenters. The van der Waals surface area contributed by atoms with E-state index in [4.69, 9.17) is 0 Å². The number of rotatable bonds is 6. The maximum Gasteiger partial charge on any atom is 0.335 e. The molecule has 0 heterocycles. The molecule has 0 saturated heterocycles. The van der Waals surface area contributed by atoms with E-state index in [0.29, 0.717) is 33.1 Å². The fourth-order valence-corrected chi connectivity index (χ4v) is 12.4. The van der Waals surface area contributed by atoms with Crippen LogP contribution >= 0.6 is 0 Å². The number of aromatic carboxylic acids is 1. The lowest BCUT2D eigenvalue weighted by molar-refractivity contribution is -0.222. The number of allylic oxidation sites excluding steroid dienone is 3.